The molecule has 3 saturated heterocycles. The molecule has 0 radical (unpaired) electrons. The number of imidazole rings is 6. The lowest BCUT2D eigenvalue weighted by Crippen LogP contribution is -2.45. The first kappa shape index (κ1) is 65.3. The number of nitrogens with one attached hydrogen (secondary N) is 6. The fraction of sp³-hybridized carbons (Fsp3) is 0.284. The van der Waals surface area contributed by atoms with Gasteiger partial charge in [-0.3, -0.25) is 13.7 Å². The summed E-state index contributed by atoms with van der Waals surface area (Å²) in [5, 5.41) is 14.9. The van der Waals surface area contributed by atoms with E-state index < -0.39 is 9.84 Å². The topological polar surface area (TPSA) is 348 Å². The largest absolute Gasteiger partial charge is 0.497 e. The van der Waals surface area contributed by atoms with Crippen molar-refractivity contribution >= 4 is 135 Å². The van der Waals surface area contributed by atoms with Gasteiger partial charge in [0.15, 0.2) is 60.8 Å². The second-order valence-corrected chi connectivity index (χ2v) is 27.9. The fourth-order valence-corrected chi connectivity index (χ4v) is 13.9. The molecule has 32 nitrogen and oxygen atoms in total. The lowest BCUT2D eigenvalue weighted by atomic mass is 10.3. The van der Waals surface area contributed by atoms with Crippen molar-refractivity contribution in [3.8, 4) is 22.8 Å². The number of likely N-dealkylation sites (N-methyl/N-ethyl adjacent to an activating group) is 2. The molecular formula is C67H69ClN26O6S2. The summed E-state index contributed by atoms with van der Waals surface area (Å²) >= 11 is 7.71. The Morgan fingerprint density at radius 1 is 0.529 bits per heavy atom. The predicted octanol–water partition coefficient (Wildman–Crippen LogP) is 8.56. The van der Waals surface area contributed by atoms with E-state index in [1.54, 1.807) is 74.6 Å². The summed E-state index contributed by atoms with van der Waals surface area (Å²) < 4.78 is 51.5. The molecule has 0 spiro atoms. The molecule has 3 aliphatic rings. The SMILES string of the molecule is CN1CCN(c2nc(NCc3nc4ccc(Cl)cc4[nH]3)c3ncn(-c4ccoc4)c3n2)CC1.COc1ccc2nc(CNc3nc(N4CCN(C)CC4)nc4c3ncn4-c3ccoc3)[nH]c2c1.CS(=O)(=O)c1cccc2[nH]c(CNc3nc(N4CCOCC4)nc4c3ncn4-c3ccsc3)nc12. The molecule has 0 amide bonds. The minimum Gasteiger partial charge on any atom is -0.497 e. The number of morpholine rings is 1. The van der Waals surface area contributed by atoms with Crippen LogP contribution in [0.3, 0.4) is 0 Å². The first-order chi connectivity index (χ1) is 49.8. The zero-order chi connectivity index (χ0) is 69.4. The van der Waals surface area contributed by atoms with Crippen molar-refractivity contribution in [1.82, 2.24) is 98.3 Å². The number of sulfone groups is 1. The number of H-pyrrole nitrogens is 3. The molecular weight excluding hydrogens is 1360 g/mol. The first-order valence-electron chi connectivity index (χ1n) is 32.9. The van der Waals surface area contributed by atoms with Gasteiger partial charge in [-0.05, 0) is 68.0 Å². The average Bonchev–Trinajstić information content (AvgIpc) is 1.63. The third-order valence-corrected chi connectivity index (χ3v) is 19.8. The lowest BCUT2D eigenvalue weighted by Gasteiger charge is -2.32. The highest BCUT2D eigenvalue weighted by atomic mass is 35.5. The second-order valence-electron chi connectivity index (χ2n) is 24.7. The molecule has 0 saturated carbocycles. The van der Waals surface area contributed by atoms with E-state index in [4.69, 9.17) is 59.8 Å². The van der Waals surface area contributed by atoms with Crippen LogP contribution in [0.2, 0.25) is 5.02 Å². The smallest absolute Gasteiger partial charge is 0.229 e. The fourth-order valence-electron chi connectivity index (χ4n) is 12.3. The van der Waals surface area contributed by atoms with Crippen LogP contribution < -0.4 is 35.4 Å². The highest BCUT2D eigenvalue weighted by molar-refractivity contribution is 7.91. The van der Waals surface area contributed by atoms with Crippen LogP contribution in [0.4, 0.5) is 35.3 Å². The van der Waals surface area contributed by atoms with E-state index in [0.29, 0.717) is 125 Å². The number of ether oxygens (including phenoxy) is 2. The number of piperazine rings is 2. The van der Waals surface area contributed by atoms with Gasteiger partial charge in [0.25, 0.3) is 0 Å². The average molecular weight is 1430 g/mol. The zero-order valence-corrected chi connectivity index (χ0v) is 58.2. The van der Waals surface area contributed by atoms with Crippen molar-refractivity contribution in [2.75, 3.05) is 137 Å². The van der Waals surface area contributed by atoms with Crippen molar-refractivity contribution in [3.05, 3.63) is 150 Å². The number of rotatable bonds is 17. The number of aromatic amines is 3. The van der Waals surface area contributed by atoms with Crippen LogP contribution in [-0.4, -0.2) is 213 Å². The molecule has 15 heterocycles. The minimum absolute atomic E-state index is 0.200. The standard InChI is InChI=1S/C23H25N9O2.C22H22ClN9O.C22H22N8O3S2/c1-30-6-8-31(9-7-30)23-28-21(20-22(29-23)32(14-25-20)15-5-10-34-13-15)24-12-19-26-17-4-3-16(33-2)11-18(17)27-19;1-30-5-7-31(8-6-30)22-28-20(19-21(29-22)32(13-25-19)15-4-9-33-12-15)24-11-18-26-16-3-2-14(23)10-17(16)27-18;1-35(31,32)16-4-2-3-15-18(16)26-17(25-15)11-23-20-19-21(30(13-24-19)14-5-10-34-12-14)28-22(27-20)29-6-8-33-9-7-29/h3-5,10-11,13-14H,6-9,12H2,1-2H3,(H,26,27)(H,24,28,29);2-4,9-10,12-13H,5-8,11H2,1H3,(H,26,27)(H,24,28,29);2-5,10,12-13H,6-9,11H2,1H3,(H,25,26)(H,23,27,28). The molecule has 3 aliphatic heterocycles. The molecule has 15 aromatic rings. The number of anilines is 6. The van der Waals surface area contributed by atoms with E-state index in [1.807, 2.05) is 85.1 Å². The Morgan fingerprint density at radius 3 is 1.49 bits per heavy atom. The number of thiophene rings is 1. The number of para-hydroxylation sites is 1. The van der Waals surface area contributed by atoms with E-state index in [1.165, 1.54) is 6.26 Å². The van der Waals surface area contributed by atoms with Gasteiger partial charge in [0.05, 0.1) is 102 Å². The quantitative estimate of drug-likeness (QED) is 0.0497. The van der Waals surface area contributed by atoms with Gasteiger partial charge in [-0.1, -0.05) is 17.7 Å². The normalized spacial score (nSPS) is 14.9. The van der Waals surface area contributed by atoms with Gasteiger partial charge in [0.1, 0.15) is 60.2 Å². The third-order valence-electron chi connectivity index (χ3n) is 17.8. The second kappa shape index (κ2) is 28.0. The number of aromatic nitrogens is 18. The maximum Gasteiger partial charge on any atom is 0.229 e. The summed E-state index contributed by atoms with van der Waals surface area (Å²) in [4.78, 5) is 77.9. The number of halogens is 1. The molecule has 0 aliphatic carbocycles. The monoisotopic (exact) mass is 1430 g/mol. The van der Waals surface area contributed by atoms with E-state index in [0.717, 1.165) is 120 Å². The Hall–Kier alpha value is -11.3. The molecule has 18 rings (SSSR count). The first-order valence-corrected chi connectivity index (χ1v) is 36.1. The van der Waals surface area contributed by atoms with Crippen molar-refractivity contribution in [2.45, 2.75) is 24.5 Å². The van der Waals surface area contributed by atoms with Crippen molar-refractivity contribution in [2.24, 2.45) is 0 Å². The van der Waals surface area contributed by atoms with Crippen LogP contribution in [0.5, 0.6) is 5.75 Å². The predicted molar refractivity (Wildman–Crippen MR) is 390 cm³/mol. The molecule has 12 aromatic heterocycles. The van der Waals surface area contributed by atoms with Gasteiger partial charge in [-0.15, -0.1) is 0 Å². The summed E-state index contributed by atoms with van der Waals surface area (Å²) in [5.41, 5.74) is 11.5. The maximum absolute atomic E-state index is 12.2. The molecule has 6 N–H and O–H groups in total. The lowest BCUT2D eigenvalue weighted by molar-refractivity contribution is 0.122. The van der Waals surface area contributed by atoms with Gasteiger partial charge in [0, 0.05) is 100 Å². The van der Waals surface area contributed by atoms with Crippen molar-refractivity contribution in [3.63, 3.8) is 0 Å². The maximum atomic E-state index is 12.2. The molecule has 0 unspecified atom stereocenters. The zero-order valence-electron chi connectivity index (χ0n) is 55.8. The molecule has 3 fully saturated rings. The number of nitrogens with zero attached hydrogens (tertiary/aromatic N) is 20. The summed E-state index contributed by atoms with van der Waals surface area (Å²) in [5.74, 6) is 6.83. The number of hydrogen-bond donors (Lipinski definition) is 6. The van der Waals surface area contributed by atoms with Crippen molar-refractivity contribution in [1.29, 1.82) is 0 Å². The van der Waals surface area contributed by atoms with E-state index in [2.05, 4.69) is 99.4 Å². The molecule has 0 bridgehead atoms. The van der Waals surface area contributed by atoms with Gasteiger partial charge >= 0.3 is 0 Å². The number of fused-ring (bicyclic) bond motifs is 6. The highest BCUT2D eigenvalue weighted by Gasteiger charge is 2.26. The van der Waals surface area contributed by atoms with E-state index in [9.17, 15) is 8.42 Å². The van der Waals surface area contributed by atoms with Crippen molar-refractivity contribution < 1.29 is 26.7 Å². The molecule has 522 valence electrons. The highest BCUT2D eigenvalue weighted by Crippen LogP contribution is 2.32. The van der Waals surface area contributed by atoms with Crippen LogP contribution in [0, 0.1) is 0 Å². The van der Waals surface area contributed by atoms with Crippen LogP contribution in [0.15, 0.2) is 141 Å². The summed E-state index contributed by atoms with van der Waals surface area (Å²) in [6.45, 7) is 11.2. The Bertz CT molecular complexity index is 5550. The van der Waals surface area contributed by atoms with Gasteiger partial charge in [-0.2, -0.15) is 41.2 Å². The van der Waals surface area contributed by atoms with Crippen LogP contribution in [0.1, 0.15) is 17.5 Å². The third kappa shape index (κ3) is 13.6. The number of benzene rings is 3. The van der Waals surface area contributed by atoms with Crippen LogP contribution in [-0.2, 0) is 34.2 Å². The van der Waals surface area contributed by atoms with Gasteiger partial charge < -0.3 is 73.7 Å². The number of methoxy groups -OCH3 is 1. The molecule has 102 heavy (non-hydrogen) atoms. The summed E-state index contributed by atoms with van der Waals surface area (Å²) in [7, 11) is 2.51. The molecule has 0 atom stereocenters. The molecule has 35 heteroatoms. The van der Waals surface area contributed by atoms with E-state index in [-0.39, 0.29) is 4.90 Å². The van der Waals surface area contributed by atoms with Crippen LogP contribution >= 0.6 is 22.9 Å². The minimum atomic E-state index is -3.40. The summed E-state index contributed by atoms with van der Waals surface area (Å²) in [6.07, 6.45) is 13.0. The Balaban J connectivity index is 0.000000118. The Kier molecular flexibility index (Phi) is 17.9. The van der Waals surface area contributed by atoms with Gasteiger partial charge in [-0.25, -0.2) is 38.3 Å². The Morgan fingerprint density at radius 2 is 1.01 bits per heavy atom. The summed E-state index contributed by atoms with van der Waals surface area (Å²) in [6, 6.07) is 22.2. The molecule has 3 aromatic carbocycles. The number of hydrogen-bond acceptors (Lipinski definition) is 27. The van der Waals surface area contributed by atoms with Crippen LogP contribution in [0.25, 0.3) is 83.7 Å². The Labute approximate surface area is 590 Å². The van der Waals surface area contributed by atoms with Gasteiger partial charge in [0.2, 0.25) is 17.8 Å². The van der Waals surface area contributed by atoms with E-state index >= 15 is 0 Å². The number of furan rings is 2.